The molecule has 0 bridgehead atoms. The van der Waals surface area contributed by atoms with E-state index < -0.39 is 0 Å². The SMILES string of the molecule is Cc1ccc(O)c(CN(CC2CCCN2)C2CC2)n1. The molecule has 1 aliphatic heterocycles. The number of aryl methyl sites for hydroxylation is 1. The van der Waals surface area contributed by atoms with E-state index in [1.165, 1.54) is 25.7 Å². The molecule has 2 N–H and O–H groups in total. The number of nitrogens with zero attached hydrogens (tertiary/aromatic N) is 2. The molecule has 4 heteroatoms. The van der Waals surface area contributed by atoms with Crippen molar-refractivity contribution < 1.29 is 5.11 Å². The van der Waals surface area contributed by atoms with Gasteiger partial charge in [0, 0.05) is 30.9 Å². The number of rotatable bonds is 5. The average Bonchev–Trinajstić information content (AvgIpc) is 3.12. The molecule has 104 valence electrons. The second-order valence-corrected chi connectivity index (χ2v) is 5.87. The third kappa shape index (κ3) is 3.25. The molecule has 2 aliphatic rings. The van der Waals surface area contributed by atoms with Gasteiger partial charge in [0.25, 0.3) is 0 Å². The molecule has 1 unspecified atom stereocenters. The van der Waals surface area contributed by atoms with Crippen LogP contribution in [0.4, 0.5) is 0 Å². The lowest BCUT2D eigenvalue weighted by Gasteiger charge is -2.25. The zero-order chi connectivity index (χ0) is 13.2. The standard InChI is InChI=1S/C15H23N3O/c1-11-4-7-15(19)14(17-11)10-18(13-5-6-13)9-12-3-2-8-16-12/h4,7,12-13,16,19H,2-3,5-6,8-10H2,1H3. The van der Waals surface area contributed by atoms with E-state index in [4.69, 9.17) is 0 Å². The van der Waals surface area contributed by atoms with E-state index in [9.17, 15) is 5.11 Å². The van der Waals surface area contributed by atoms with Crippen molar-refractivity contribution in [1.82, 2.24) is 15.2 Å². The first kappa shape index (κ1) is 12.9. The number of pyridine rings is 1. The lowest BCUT2D eigenvalue weighted by Crippen LogP contribution is -2.38. The Balaban J connectivity index is 1.68. The maximum absolute atomic E-state index is 9.94. The van der Waals surface area contributed by atoms with Crippen LogP contribution in [-0.2, 0) is 6.54 Å². The molecule has 3 rings (SSSR count). The van der Waals surface area contributed by atoms with Crippen LogP contribution in [0.25, 0.3) is 0 Å². The fourth-order valence-corrected chi connectivity index (χ4v) is 2.89. The van der Waals surface area contributed by atoms with E-state index in [1.54, 1.807) is 6.07 Å². The molecule has 4 nitrogen and oxygen atoms in total. The summed E-state index contributed by atoms with van der Waals surface area (Å²) in [6, 6.07) is 4.94. The van der Waals surface area contributed by atoms with Crippen LogP contribution < -0.4 is 5.32 Å². The first-order valence-electron chi connectivity index (χ1n) is 7.35. The molecule has 19 heavy (non-hydrogen) atoms. The zero-order valence-corrected chi connectivity index (χ0v) is 11.6. The predicted octanol–water partition coefficient (Wildman–Crippen LogP) is 1.81. The minimum atomic E-state index is 0.329. The predicted molar refractivity (Wildman–Crippen MR) is 75.1 cm³/mol. The maximum atomic E-state index is 9.94. The minimum absolute atomic E-state index is 0.329. The molecule has 1 saturated carbocycles. The highest BCUT2D eigenvalue weighted by Gasteiger charge is 2.31. The van der Waals surface area contributed by atoms with E-state index in [-0.39, 0.29) is 0 Å². The molecule has 1 saturated heterocycles. The molecular formula is C15H23N3O. The number of hydrogen-bond donors (Lipinski definition) is 2. The summed E-state index contributed by atoms with van der Waals surface area (Å²) in [7, 11) is 0. The number of nitrogens with one attached hydrogen (secondary N) is 1. The van der Waals surface area contributed by atoms with Gasteiger partial charge in [0.05, 0.1) is 5.69 Å². The van der Waals surface area contributed by atoms with Crippen LogP contribution in [0.2, 0.25) is 0 Å². The Morgan fingerprint density at radius 2 is 2.21 bits per heavy atom. The van der Waals surface area contributed by atoms with E-state index in [0.717, 1.165) is 31.0 Å². The van der Waals surface area contributed by atoms with Crippen molar-refractivity contribution in [2.75, 3.05) is 13.1 Å². The van der Waals surface area contributed by atoms with Crippen molar-refractivity contribution in [3.05, 3.63) is 23.5 Å². The fourth-order valence-electron chi connectivity index (χ4n) is 2.89. The summed E-state index contributed by atoms with van der Waals surface area (Å²) in [5.41, 5.74) is 1.80. The van der Waals surface area contributed by atoms with Gasteiger partial charge in [-0.25, -0.2) is 0 Å². The first-order valence-corrected chi connectivity index (χ1v) is 7.35. The van der Waals surface area contributed by atoms with Gasteiger partial charge in [0.15, 0.2) is 0 Å². The van der Waals surface area contributed by atoms with Crippen molar-refractivity contribution in [3.8, 4) is 5.75 Å². The van der Waals surface area contributed by atoms with Crippen LogP contribution in [0.5, 0.6) is 5.75 Å². The first-order chi connectivity index (χ1) is 9.22. The van der Waals surface area contributed by atoms with Crippen LogP contribution in [0.3, 0.4) is 0 Å². The van der Waals surface area contributed by atoms with Gasteiger partial charge in [0.2, 0.25) is 0 Å². The largest absolute Gasteiger partial charge is 0.506 e. The molecule has 0 aromatic carbocycles. The second kappa shape index (κ2) is 5.47. The van der Waals surface area contributed by atoms with E-state index in [1.807, 2.05) is 13.0 Å². The molecule has 1 aromatic rings. The Labute approximate surface area is 114 Å². The highest BCUT2D eigenvalue weighted by molar-refractivity contribution is 5.27. The normalized spacial score (nSPS) is 23.2. The van der Waals surface area contributed by atoms with Gasteiger partial charge in [-0.15, -0.1) is 0 Å². The lowest BCUT2D eigenvalue weighted by atomic mass is 10.2. The summed E-state index contributed by atoms with van der Waals surface area (Å²) >= 11 is 0. The number of aromatic nitrogens is 1. The molecule has 1 aliphatic carbocycles. The highest BCUT2D eigenvalue weighted by Crippen LogP contribution is 2.30. The molecular weight excluding hydrogens is 238 g/mol. The second-order valence-electron chi connectivity index (χ2n) is 5.87. The highest BCUT2D eigenvalue weighted by atomic mass is 16.3. The Morgan fingerprint density at radius 1 is 1.37 bits per heavy atom. The molecule has 1 atom stereocenters. The minimum Gasteiger partial charge on any atom is -0.506 e. The summed E-state index contributed by atoms with van der Waals surface area (Å²) in [6.45, 7) is 4.98. The van der Waals surface area contributed by atoms with Crippen molar-refractivity contribution in [2.45, 2.75) is 51.2 Å². The van der Waals surface area contributed by atoms with Gasteiger partial charge in [-0.1, -0.05) is 0 Å². The third-order valence-electron chi connectivity index (χ3n) is 4.12. The van der Waals surface area contributed by atoms with Crippen molar-refractivity contribution in [1.29, 1.82) is 0 Å². The topological polar surface area (TPSA) is 48.4 Å². The monoisotopic (exact) mass is 261 g/mol. The zero-order valence-electron chi connectivity index (χ0n) is 11.6. The third-order valence-corrected chi connectivity index (χ3v) is 4.12. The number of hydrogen-bond acceptors (Lipinski definition) is 4. The van der Waals surface area contributed by atoms with Crippen LogP contribution in [-0.4, -0.2) is 40.2 Å². The number of aromatic hydroxyl groups is 1. The summed E-state index contributed by atoms with van der Waals surface area (Å²) < 4.78 is 0. The summed E-state index contributed by atoms with van der Waals surface area (Å²) in [4.78, 5) is 6.98. The fraction of sp³-hybridized carbons (Fsp3) is 0.667. The van der Waals surface area contributed by atoms with Gasteiger partial charge < -0.3 is 10.4 Å². The van der Waals surface area contributed by atoms with Gasteiger partial charge in [-0.2, -0.15) is 0 Å². The molecule has 0 radical (unpaired) electrons. The summed E-state index contributed by atoms with van der Waals surface area (Å²) in [5.74, 6) is 0.329. The summed E-state index contributed by atoms with van der Waals surface area (Å²) in [5, 5.41) is 13.5. The van der Waals surface area contributed by atoms with E-state index in [0.29, 0.717) is 17.8 Å². The van der Waals surface area contributed by atoms with Gasteiger partial charge in [0.1, 0.15) is 5.75 Å². The lowest BCUT2D eigenvalue weighted by molar-refractivity contribution is 0.225. The van der Waals surface area contributed by atoms with Crippen molar-refractivity contribution in [2.24, 2.45) is 0 Å². The van der Waals surface area contributed by atoms with Gasteiger partial charge >= 0.3 is 0 Å². The van der Waals surface area contributed by atoms with Crippen LogP contribution >= 0.6 is 0 Å². The van der Waals surface area contributed by atoms with Crippen molar-refractivity contribution in [3.63, 3.8) is 0 Å². The Bertz CT molecular complexity index is 439. The van der Waals surface area contributed by atoms with E-state index in [2.05, 4.69) is 15.2 Å². The molecule has 0 spiro atoms. The van der Waals surface area contributed by atoms with E-state index >= 15 is 0 Å². The Morgan fingerprint density at radius 3 is 2.89 bits per heavy atom. The Hall–Kier alpha value is -1.13. The smallest absolute Gasteiger partial charge is 0.138 e. The van der Waals surface area contributed by atoms with Gasteiger partial charge in [-0.05, 0) is 51.3 Å². The average molecular weight is 261 g/mol. The maximum Gasteiger partial charge on any atom is 0.138 e. The quantitative estimate of drug-likeness (QED) is 0.848. The molecule has 1 aromatic heterocycles. The summed E-state index contributed by atoms with van der Waals surface area (Å²) in [6.07, 6.45) is 5.15. The molecule has 0 amide bonds. The van der Waals surface area contributed by atoms with Crippen LogP contribution in [0.1, 0.15) is 37.1 Å². The molecule has 2 heterocycles. The van der Waals surface area contributed by atoms with Crippen LogP contribution in [0.15, 0.2) is 12.1 Å². The van der Waals surface area contributed by atoms with Gasteiger partial charge in [-0.3, -0.25) is 9.88 Å². The van der Waals surface area contributed by atoms with Crippen LogP contribution in [0, 0.1) is 6.92 Å². The Kier molecular flexibility index (Phi) is 3.71. The van der Waals surface area contributed by atoms with Crippen molar-refractivity contribution >= 4 is 0 Å². The molecule has 2 fully saturated rings.